The Morgan fingerprint density at radius 1 is 1.27 bits per heavy atom. The van der Waals surface area contributed by atoms with Gasteiger partial charge in [-0.3, -0.25) is 9.69 Å². The lowest BCUT2D eigenvalue weighted by molar-refractivity contribution is -0.122. The number of likely N-dealkylation sites (N-methyl/N-ethyl adjacent to an activating group) is 1. The monoisotopic (exact) mass is 210 g/mol. The van der Waals surface area contributed by atoms with E-state index in [1.165, 1.54) is 19.6 Å². The first-order chi connectivity index (χ1) is 7.20. The van der Waals surface area contributed by atoms with Crippen LogP contribution in [0.25, 0.3) is 0 Å². The molecule has 2 aliphatic heterocycles. The van der Waals surface area contributed by atoms with E-state index in [1.54, 1.807) is 6.92 Å². The molecule has 0 amide bonds. The number of hydrogen-bond acceptors (Lipinski definition) is 3. The average molecular weight is 210 g/mol. The van der Waals surface area contributed by atoms with E-state index in [2.05, 4.69) is 16.7 Å². The maximum atomic E-state index is 11.2. The maximum absolute atomic E-state index is 11.2. The molecule has 0 N–H and O–H groups in total. The van der Waals surface area contributed by atoms with Crippen LogP contribution >= 0.6 is 0 Å². The average Bonchev–Trinajstić information content (AvgIpc) is 2.17. The number of piperidine rings is 1. The topological polar surface area (TPSA) is 23.6 Å². The van der Waals surface area contributed by atoms with Gasteiger partial charge in [-0.15, -0.1) is 0 Å². The summed E-state index contributed by atoms with van der Waals surface area (Å²) in [7, 11) is 0. The third kappa shape index (κ3) is 2.40. The van der Waals surface area contributed by atoms with E-state index in [0.717, 1.165) is 32.0 Å². The summed E-state index contributed by atoms with van der Waals surface area (Å²) in [6.45, 7) is 9.88. The minimum Gasteiger partial charge on any atom is -0.300 e. The second-order valence-electron chi connectivity index (χ2n) is 4.93. The van der Waals surface area contributed by atoms with Gasteiger partial charge in [-0.05, 0) is 39.4 Å². The number of carbonyl (C=O) groups is 1. The summed E-state index contributed by atoms with van der Waals surface area (Å²) in [5, 5.41) is 0. The van der Waals surface area contributed by atoms with Crippen LogP contribution < -0.4 is 0 Å². The fourth-order valence-corrected chi connectivity index (χ4v) is 2.70. The number of rotatable bonds is 3. The molecule has 0 saturated carbocycles. The molecule has 0 atom stereocenters. The van der Waals surface area contributed by atoms with Gasteiger partial charge in [0.1, 0.15) is 5.78 Å². The van der Waals surface area contributed by atoms with E-state index >= 15 is 0 Å². The van der Waals surface area contributed by atoms with Crippen LogP contribution in [0, 0.1) is 5.92 Å². The highest BCUT2D eigenvalue weighted by molar-refractivity contribution is 5.78. The van der Waals surface area contributed by atoms with Gasteiger partial charge in [0.05, 0.1) is 0 Å². The lowest BCUT2D eigenvalue weighted by atomic mass is 9.91. The number of carbonyl (C=O) groups excluding carboxylic acids is 1. The van der Waals surface area contributed by atoms with E-state index in [0.29, 0.717) is 11.7 Å². The molecule has 0 aromatic heterocycles. The molecule has 0 radical (unpaired) electrons. The van der Waals surface area contributed by atoms with Gasteiger partial charge in [0, 0.05) is 25.0 Å². The molecule has 3 heteroatoms. The second kappa shape index (κ2) is 4.62. The van der Waals surface area contributed by atoms with Crippen molar-refractivity contribution in [2.45, 2.75) is 32.7 Å². The molecule has 0 aromatic carbocycles. The third-order valence-corrected chi connectivity index (χ3v) is 4.01. The highest BCUT2D eigenvalue weighted by atomic mass is 16.1. The molecule has 2 fully saturated rings. The van der Waals surface area contributed by atoms with Crippen LogP contribution in [0.4, 0.5) is 0 Å². The Balaban J connectivity index is 1.73. The first-order valence-electron chi connectivity index (χ1n) is 6.17. The van der Waals surface area contributed by atoms with Crippen molar-refractivity contribution in [1.82, 2.24) is 9.80 Å². The first-order valence-corrected chi connectivity index (χ1v) is 6.17. The molecule has 0 aliphatic carbocycles. The SMILES string of the molecule is CCN1CC(N2CCC(C(C)=O)CC2)C1. The smallest absolute Gasteiger partial charge is 0.133 e. The molecule has 2 rings (SSSR count). The number of Topliss-reactive ketones (excluding diaryl/α,β-unsaturated/α-hetero) is 1. The zero-order chi connectivity index (χ0) is 10.8. The first kappa shape index (κ1) is 11.1. The van der Waals surface area contributed by atoms with Gasteiger partial charge < -0.3 is 4.90 Å². The Bertz CT molecular complexity index is 228. The Morgan fingerprint density at radius 3 is 2.33 bits per heavy atom. The summed E-state index contributed by atoms with van der Waals surface area (Å²) < 4.78 is 0. The van der Waals surface area contributed by atoms with Gasteiger partial charge in [0.25, 0.3) is 0 Å². The molecular formula is C12H22N2O. The molecule has 86 valence electrons. The third-order valence-electron chi connectivity index (χ3n) is 4.01. The predicted molar refractivity (Wildman–Crippen MR) is 60.9 cm³/mol. The van der Waals surface area contributed by atoms with Crippen LogP contribution in [-0.2, 0) is 4.79 Å². The van der Waals surface area contributed by atoms with Crippen LogP contribution in [0.5, 0.6) is 0 Å². The Kier molecular flexibility index (Phi) is 3.42. The molecular weight excluding hydrogens is 188 g/mol. The minimum atomic E-state index is 0.351. The van der Waals surface area contributed by atoms with Crippen molar-refractivity contribution >= 4 is 5.78 Å². The highest BCUT2D eigenvalue weighted by Crippen LogP contribution is 2.23. The van der Waals surface area contributed by atoms with Crippen LogP contribution in [0.15, 0.2) is 0 Å². The summed E-state index contributed by atoms with van der Waals surface area (Å²) in [5.74, 6) is 0.738. The van der Waals surface area contributed by atoms with Gasteiger partial charge in [0.2, 0.25) is 0 Å². The Morgan fingerprint density at radius 2 is 1.87 bits per heavy atom. The quantitative estimate of drug-likeness (QED) is 0.694. The molecule has 0 unspecified atom stereocenters. The fourth-order valence-electron chi connectivity index (χ4n) is 2.70. The van der Waals surface area contributed by atoms with E-state index < -0.39 is 0 Å². The van der Waals surface area contributed by atoms with Gasteiger partial charge in [-0.2, -0.15) is 0 Å². The van der Waals surface area contributed by atoms with Gasteiger partial charge in [-0.1, -0.05) is 6.92 Å². The number of ketones is 1. The minimum absolute atomic E-state index is 0.351. The van der Waals surface area contributed by atoms with Crippen LogP contribution in [-0.4, -0.2) is 54.3 Å². The van der Waals surface area contributed by atoms with Crippen LogP contribution in [0.3, 0.4) is 0 Å². The molecule has 0 aromatic rings. The lowest BCUT2D eigenvalue weighted by Crippen LogP contribution is -2.60. The lowest BCUT2D eigenvalue weighted by Gasteiger charge is -2.47. The molecule has 2 saturated heterocycles. The van der Waals surface area contributed by atoms with Crippen molar-refractivity contribution in [3.8, 4) is 0 Å². The van der Waals surface area contributed by atoms with Crippen molar-refractivity contribution in [2.24, 2.45) is 5.92 Å². The summed E-state index contributed by atoms with van der Waals surface area (Å²) in [6.07, 6.45) is 2.16. The van der Waals surface area contributed by atoms with Gasteiger partial charge in [0.15, 0.2) is 0 Å². The van der Waals surface area contributed by atoms with Crippen molar-refractivity contribution in [3.05, 3.63) is 0 Å². The second-order valence-corrected chi connectivity index (χ2v) is 4.93. The molecule has 2 heterocycles. The fraction of sp³-hybridized carbons (Fsp3) is 0.917. The summed E-state index contributed by atoms with van der Waals surface area (Å²) in [4.78, 5) is 16.3. The molecule has 15 heavy (non-hydrogen) atoms. The van der Waals surface area contributed by atoms with Gasteiger partial charge >= 0.3 is 0 Å². The molecule has 3 nitrogen and oxygen atoms in total. The number of nitrogens with zero attached hydrogens (tertiary/aromatic N) is 2. The molecule has 0 spiro atoms. The van der Waals surface area contributed by atoms with Gasteiger partial charge in [-0.25, -0.2) is 0 Å². The standard InChI is InChI=1S/C12H22N2O/c1-3-13-8-12(9-13)14-6-4-11(5-7-14)10(2)15/h11-12H,3-9H2,1-2H3. The summed E-state index contributed by atoms with van der Waals surface area (Å²) in [5.41, 5.74) is 0. The van der Waals surface area contributed by atoms with Crippen molar-refractivity contribution < 1.29 is 4.79 Å². The van der Waals surface area contributed by atoms with E-state index in [9.17, 15) is 4.79 Å². The van der Waals surface area contributed by atoms with Crippen molar-refractivity contribution in [2.75, 3.05) is 32.7 Å². The molecule has 0 bridgehead atoms. The Labute approximate surface area is 92.4 Å². The summed E-state index contributed by atoms with van der Waals surface area (Å²) >= 11 is 0. The van der Waals surface area contributed by atoms with E-state index in [1.807, 2.05) is 0 Å². The van der Waals surface area contributed by atoms with E-state index in [-0.39, 0.29) is 0 Å². The molecule has 2 aliphatic rings. The van der Waals surface area contributed by atoms with Crippen LogP contribution in [0.2, 0.25) is 0 Å². The van der Waals surface area contributed by atoms with Crippen LogP contribution in [0.1, 0.15) is 26.7 Å². The highest BCUT2D eigenvalue weighted by Gasteiger charge is 2.33. The predicted octanol–water partition coefficient (Wildman–Crippen LogP) is 0.991. The maximum Gasteiger partial charge on any atom is 0.133 e. The van der Waals surface area contributed by atoms with Crippen molar-refractivity contribution in [3.63, 3.8) is 0 Å². The number of hydrogen-bond donors (Lipinski definition) is 0. The largest absolute Gasteiger partial charge is 0.300 e. The zero-order valence-corrected chi connectivity index (χ0v) is 9.91. The van der Waals surface area contributed by atoms with Crippen molar-refractivity contribution in [1.29, 1.82) is 0 Å². The Hall–Kier alpha value is -0.410. The zero-order valence-electron chi connectivity index (χ0n) is 9.91. The van der Waals surface area contributed by atoms with E-state index in [4.69, 9.17) is 0 Å². The summed E-state index contributed by atoms with van der Waals surface area (Å²) in [6, 6.07) is 0.776. The normalized spacial score (nSPS) is 26.5. The number of likely N-dealkylation sites (tertiary alicyclic amines) is 2.